The zero-order valence-electron chi connectivity index (χ0n) is 15.7. The number of thiazole rings is 1. The molecule has 3 rings (SSSR count). The first kappa shape index (κ1) is 18.3. The molecule has 0 unspecified atom stereocenters. The third kappa shape index (κ3) is 4.20. The summed E-state index contributed by atoms with van der Waals surface area (Å²) in [6, 6.07) is 18.4. The lowest BCUT2D eigenvalue weighted by molar-refractivity contribution is 0.0954. The number of nitrogens with zero attached hydrogens (tertiary/aromatic N) is 1. The molecule has 1 heterocycles. The normalized spacial score (nSPS) is 11.4. The van der Waals surface area contributed by atoms with Crippen LogP contribution in [0.25, 0.3) is 10.6 Å². The first-order chi connectivity index (χ1) is 12.3. The van der Waals surface area contributed by atoms with Crippen LogP contribution in [0, 0.1) is 6.92 Å². The van der Waals surface area contributed by atoms with E-state index in [0.717, 1.165) is 21.8 Å². The summed E-state index contributed by atoms with van der Waals surface area (Å²) in [5.74, 6) is -0.0681. The molecular weight excluding hydrogens is 340 g/mol. The van der Waals surface area contributed by atoms with Gasteiger partial charge in [0.15, 0.2) is 0 Å². The minimum atomic E-state index is -0.0681. The van der Waals surface area contributed by atoms with Crippen molar-refractivity contribution in [2.75, 3.05) is 0 Å². The summed E-state index contributed by atoms with van der Waals surface area (Å²) in [4.78, 5) is 17.8. The molecule has 0 bridgehead atoms. The average Bonchev–Trinajstić information content (AvgIpc) is 3.02. The van der Waals surface area contributed by atoms with Gasteiger partial charge in [-0.1, -0.05) is 75.4 Å². The van der Waals surface area contributed by atoms with Crippen molar-refractivity contribution in [1.82, 2.24) is 10.3 Å². The Morgan fingerprint density at radius 3 is 2.31 bits per heavy atom. The Morgan fingerprint density at radius 1 is 1.04 bits per heavy atom. The van der Waals surface area contributed by atoms with E-state index in [1.165, 1.54) is 16.9 Å². The van der Waals surface area contributed by atoms with Gasteiger partial charge in [0.25, 0.3) is 5.91 Å². The van der Waals surface area contributed by atoms with E-state index in [9.17, 15) is 4.79 Å². The molecule has 3 aromatic rings. The van der Waals surface area contributed by atoms with E-state index in [0.29, 0.717) is 11.4 Å². The second-order valence-corrected chi connectivity index (χ2v) is 8.43. The van der Waals surface area contributed by atoms with Crippen molar-refractivity contribution in [3.05, 3.63) is 76.3 Å². The summed E-state index contributed by atoms with van der Waals surface area (Å²) in [5.41, 5.74) is 4.32. The Morgan fingerprint density at radius 2 is 1.69 bits per heavy atom. The smallest absolute Gasteiger partial charge is 0.263 e. The van der Waals surface area contributed by atoms with Gasteiger partial charge in [-0.2, -0.15) is 0 Å². The number of hydrogen-bond donors (Lipinski definition) is 1. The fourth-order valence-corrected chi connectivity index (χ4v) is 3.69. The molecule has 0 aliphatic carbocycles. The molecule has 0 saturated carbocycles. The minimum absolute atomic E-state index is 0.0681. The summed E-state index contributed by atoms with van der Waals surface area (Å²) in [7, 11) is 0. The van der Waals surface area contributed by atoms with Gasteiger partial charge in [-0.25, -0.2) is 4.98 Å². The standard InChI is InChI=1S/C22H24N2OS/c1-15-19(20(25)23-14-16-8-6-5-7-9-16)26-21(24-15)17-10-12-18(13-11-17)22(2,3)4/h5-13H,14H2,1-4H3,(H,23,25). The number of aromatic nitrogens is 1. The van der Waals surface area contributed by atoms with Crippen molar-refractivity contribution < 1.29 is 4.79 Å². The summed E-state index contributed by atoms with van der Waals surface area (Å²) >= 11 is 1.45. The molecular formula is C22H24N2OS. The maximum atomic E-state index is 12.5. The predicted molar refractivity (Wildman–Crippen MR) is 109 cm³/mol. The molecule has 1 aromatic heterocycles. The monoisotopic (exact) mass is 364 g/mol. The van der Waals surface area contributed by atoms with Crippen molar-refractivity contribution >= 4 is 17.2 Å². The summed E-state index contributed by atoms with van der Waals surface area (Å²) in [6.07, 6.45) is 0. The van der Waals surface area contributed by atoms with E-state index in [1.807, 2.05) is 37.3 Å². The molecule has 2 aromatic carbocycles. The van der Waals surface area contributed by atoms with Gasteiger partial charge in [-0.3, -0.25) is 4.79 Å². The maximum Gasteiger partial charge on any atom is 0.263 e. The molecule has 0 aliphatic rings. The highest BCUT2D eigenvalue weighted by Gasteiger charge is 2.17. The van der Waals surface area contributed by atoms with Crippen LogP contribution in [0.3, 0.4) is 0 Å². The van der Waals surface area contributed by atoms with E-state index < -0.39 is 0 Å². The number of carbonyl (C=O) groups excluding carboxylic acids is 1. The van der Waals surface area contributed by atoms with E-state index in [-0.39, 0.29) is 11.3 Å². The van der Waals surface area contributed by atoms with Crippen LogP contribution in [0.5, 0.6) is 0 Å². The largest absolute Gasteiger partial charge is 0.347 e. The zero-order chi connectivity index (χ0) is 18.7. The van der Waals surface area contributed by atoms with Gasteiger partial charge in [-0.15, -0.1) is 11.3 Å². The van der Waals surface area contributed by atoms with Crippen LogP contribution in [0.2, 0.25) is 0 Å². The Balaban J connectivity index is 1.75. The number of rotatable bonds is 4. The fraction of sp³-hybridized carbons (Fsp3) is 0.273. The van der Waals surface area contributed by atoms with Crippen molar-refractivity contribution in [1.29, 1.82) is 0 Å². The highest BCUT2D eigenvalue weighted by atomic mass is 32.1. The first-order valence-corrected chi connectivity index (χ1v) is 9.57. The summed E-state index contributed by atoms with van der Waals surface area (Å²) in [6.45, 7) is 9.01. The Kier molecular flexibility index (Phi) is 5.23. The average molecular weight is 365 g/mol. The molecule has 134 valence electrons. The number of benzene rings is 2. The van der Waals surface area contributed by atoms with E-state index in [2.05, 4.69) is 55.3 Å². The predicted octanol–water partition coefficient (Wildman–Crippen LogP) is 5.35. The van der Waals surface area contributed by atoms with Crippen LogP contribution in [-0.4, -0.2) is 10.9 Å². The molecule has 0 saturated heterocycles. The molecule has 0 atom stereocenters. The second kappa shape index (κ2) is 7.42. The highest BCUT2D eigenvalue weighted by molar-refractivity contribution is 7.17. The maximum absolute atomic E-state index is 12.5. The Hall–Kier alpha value is -2.46. The van der Waals surface area contributed by atoms with Gasteiger partial charge < -0.3 is 5.32 Å². The Bertz CT molecular complexity index is 890. The van der Waals surface area contributed by atoms with Crippen LogP contribution < -0.4 is 5.32 Å². The van der Waals surface area contributed by atoms with E-state index in [4.69, 9.17) is 0 Å². The van der Waals surface area contributed by atoms with Crippen LogP contribution in [0.4, 0.5) is 0 Å². The first-order valence-electron chi connectivity index (χ1n) is 8.75. The van der Waals surface area contributed by atoms with E-state index >= 15 is 0 Å². The molecule has 26 heavy (non-hydrogen) atoms. The molecule has 3 nitrogen and oxygen atoms in total. The fourth-order valence-electron chi connectivity index (χ4n) is 2.70. The Labute approximate surface area is 159 Å². The number of nitrogens with one attached hydrogen (secondary N) is 1. The molecule has 1 N–H and O–H groups in total. The van der Waals surface area contributed by atoms with Crippen LogP contribution in [0.15, 0.2) is 54.6 Å². The van der Waals surface area contributed by atoms with Crippen LogP contribution >= 0.6 is 11.3 Å². The van der Waals surface area contributed by atoms with Crippen molar-refractivity contribution in [3.8, 4) is 10.6 Å². The van der Waals surface area contributed by atoms with Gasteiger partial charge in [0, 0.05) is 12.1 Å². The second-order valence-electron chi connectivity index (χ2n) is 7.43. The van der Waals surface area contributed by atoms with Crippen LogP contribution in [0.1, 0.15) is 47.3 Å². The molecule has 0 radical (unpaired) electrons. The summed E-state index contributed by atoms with van der Waals surface area (Å²) in [5, 5.41) is 3.86. The van der Waals surface area contributed by atoms with Gasteiger partial charge in [0.05, 0.1) is 5.69 Å². The number of carbonyl (C=O) groups is 1. The molecule has 0 spiro atoms. The number of hydrogen-bond acceptors (Lipinski definition) is 3. The van der Waals surface area contributed by atoms with Gasteiger partial charge in [0.1, 0.15) is 9.88 Å². The zero-order valence-corrected chi connectivity index (χ0v) is 16.5. The molecule has 4 heteroatoms. The van der Waals surface area contributed by atoms with Crippen molar-refractivity contribution in [3.63, 3.8) is 0 Å². The number of amides is 1. The lowest BCUT2D eigenvalue weighted by atomic mass is 9.87. The number of aryl methyl sites for hydroxylation is 1. The van der Waals surface area contributed by atoms with Gasteiger partial charge in [-0.05, 0) is 23.5 Å². The van der Waals surface area contributed by atoms with E-state index in [1.54, 1.807) is 0 Å². The third-order valence-corrected chi connectivity index (χ3v) is 5.50. The lowest BCUT2D eigenvalue weighted by Gasteiger charge is -2.18. The minimum Gasteiger partial charge on any atom is -0.347 e. The highest BCUT2D eigenvalue weighted by Crippen LogP contribution is 2.30. The lowest BCUT2D eigenvalue weighted by Crippen LogP contribution is -2.22. The van der Waals surface area contributed by atoms with Gasteiger partial charge >= 0.3 is 0 Å². The molecule has 0 aliphatic heterocycles. The van der Waals surface area contributed by atoms with Crippen molar-refractivity contribution in [2.45, 2.75) is 39.7 Å². The SMILES string of the molecule is Cc1nc(-c2ccc(C(C)(C)C)cc2)sc1C(=O)NCc1ccccc1. The quantitative estimate of drug-likeness (QED) is 0.678. The van der Waals surface area contributed by atoms with Gasteiger partial charge in [0.2, 0.25) is 0 Å². The molecule has 1 amide bonds. The topological polar surface area (TPSA) is 42.0 Å². The molecule has 0 fully saturated rings. The van der Waals surface area contributed by atoms with Crippen LogP contribution in [-0.2, 0) is 12.0 Å². The van der Waals surface area contributed by atoms with Crippen molar-refractivity contribution in [2.24, 2.45) is 0 Å². The third-order valence-electron chi connectivity index (χ3n) is 4.30. The summed E-state index contributed by atoms with van der Waals surface area (Å²) < 4.78 is 0.